The first kappa shape index (κ1) is 10.9. The molecule has 0 aliphatic heterocycles. The summed E-state index contributed by atoms with van der Waals surface area (Å²) >= 11 is 0. The van der Waals surface area contributed by atoms with Crippen molar-refractivity contribution in [3.05, 3.63) is 0 Å². The number of hydrogen-bond acceptors (Lipinski definition) is 3. The molecule has 3 heteroatoms. The SMILES string of the molecule is CC(CCO)CNCCCN. The van der Waals surface area contributed by atoms with Crippen molar-refractivity contribution in [2.24, 2.45) is 11.7 Å². The normalized spacial score (nSPS) is 13.4. The topological polar surface area (TPSA) is 58.3 Å². The van der Waals surface area contributed by atoms with Crippen LogP contribution in [0.25, 0.3) is 0 Å². The zero-order chi connectivity index (χ0) is 8.53. The molecule has 11 heavy (non-hydrogen) atoms. The summed E-state index contributed by atoms with van der Waals surface area (Å²) in [5.41, 5.74) is 5.32. The molecule has 3 nitrogen and oxygen atoms in total. The minimum atomic E-state index is 0.291. The Morgan fingerprint density at radius 2 is 2.27 bits per heavy atom. The predicted octanol–water partition coefficient (Wildman–Crippen LogP) is -0.0567. The molecule has 0 aromatic rings. The van der Waals surface area contributed by atoms with E-state index in [-0.39, 0.29) is 0 Å². The molecule has 0 fully saturated rings. The van der Waals surface area contributed by atoms with E-state index in [9.17, 15) is 0 Å². The van der Waals surface area contributed by atoms with Crippen molar-refractivity contribution in [3.8, 4) is 0 Å². The number of hydrogen-bond donors (Lipinski definition) is 3. The van der Waals surface area contributed by atoms with Gasteiger partial charge in [0.2, 0.25) is 0 Å². The van der Waals surface area contributed by atoms with Gasteiger partial charge in [-0.1, -0.05) is 6.92 Å². The highest BCUT2D eigenvalue weighted by Crippen LogP contribution is 1.97. The van der Waals surface area contributed by atoms with Gasteiger partial charge in [0.05, 0.1) is 0 Å². The minimum Gasteiger partial charge on any atom is -0.396 e. The van der Waals surface area contributed by atoms with Crippen LogP contribution < -0.4 is 11.1 Å². The average Bonchev–Trinajstić information content (AvgIpc) is 1.99. The van der Waals surface area contributed by atoms with Gasteiger partial charge >= 0.3 is 0 Å². The molecule has 0 aliphatic carbocycles. The van der Waals surface area contributed by atoms with Crippen molar-refractivity contribution in [1.29, 1.82) is 0 Å². The Hall–Kier alpha value is -0.120. The highest BCUT2D eigenvalue weighted by Gasteiger charge is 1.98. The summed E-state index contributed by atoms with van der Waals surface area (Å²) in [7, 11) is 0. The van der Waals surface area contributed by atoms with Gasteiger partial charge in [0.15, 0.2) is 0 Å². The molecule has 0 radical (unpaired) electrons. The Kier molecular flexibility index (Phi) is 7.89. The molecule has 0 saturated heterocycles. The van der Waals surface area contributed by atoms with E-state index in [2.05, 4.69) is 12.2 Å². The van der Waals surface area contributed by atoms with Gasteiger partial charge < -0.3 is 16.2 Å². The first-order valence-corrected chi connectivity index (χ1v) is 4.33. The van der Waals surface area contributed by atoms with Crippen molar-refractivity contribution in [1.82, 2.24) is 5.32 Å². The molecule has 68 valence electrons. The Morgan fingerprint density at radius 3 is 2.82 bits per heavy atom. The van der Waals surface area contributed by atoms with E-state index < -0.39 is 0 Å². The molecular weight excluding hydrogens is 140 g/mol. The Bertz CT molecular complexity index is 78.5. The van der Waals surface area contributed by atoms with Crippen LogP contribution in [0.3, 0.4) is 0 Å². The third-order valence-electron chi connectivity index (χ3n) is 1.67. The lowest BCUT2D eigenvalue weighted by Gasteiger charge is -2.09. The lowest BCUT2D eigenvalue weighted by Crippen LogP contribution is -2.24. The summed E-state index contributed by atoms with van der Waals surface area (Å²) < 4.78 is 0. The smallest absolute Gasteiger partial charge is 0.0434 e. The molecule has 0 amide bonds. The summed E-state index contributed by atoms with van der Waals surface area (Å²) in [6, 6.07) is 0. The van der Waals surface area contributed by atoms with Crippen molar-refractivity contribution in [2.75, 3.05) is 26.2 Å². The third-order valence-corrected chi connectivity index (χ3v) is 1.67. The second kappa shape index (κ2) is 7.98. The van der Waals surface area contributed by atoms with E-state index in [1.165, 1.54) is 0 Å². The van der Waals surface area contributed by atoms with Crippen LogP contribution in [0.2, 0.25) is 0 Å². The Balaban J connectivity index is 2.97. The molecule has 0 aliphatic rings. The van der Waals surface area contributed by atoms with Gasteiger partial charge in [-0.05, 0) is 38.4 Å². The van der Waals surface area contributed by atoms with E-state index in [0.717, 1.165) is 32.5 Å². The standard InChI is InChI=1S/C8H20N2O/c1-8(3-6-11)7-10-5-2-4-9/h8,10-11H,2-7,9H2,1H3. The largest absolute Gasteiger partial charge is 0.396 e. The van der Waals surface area contributed by atoms with Gasteiger partial charge in [0, 0.05) is 6.61 Å². The molecule has 0 rings (SSSR count). The zero-order valence-electron chi connectivity index (χ0n) is 7.34. The van der Waals surface area contributed by atoms with Crippen LogP contribution in [0.15, 0.2) is 0 Å². The monoisotopic (exact) mass is 160 g/mol. The fraction of sp³-hybridized carbons (Fsp3) is 1.00. The summed E-state index contributed by atoms with van der Waals surface area (Å²) in [6.07, 6.45) is 1.92. The molecule has 0 saturated carbocycles. The highest BCUT2D eigenvalue weighted by molar-refractivity contribution is 4.56. The Morgan fingerprint density at radius 1 is 1.55 bits per heavy atom. The van der Waals surface area contributed by atoms with Gasteiger partial charge in [-0.3, -0.25) is 0 Å². The number of aliphatic hydroxyl groups is 1. The van der Waals surface area contributed by atoms with Crippen LogP contribution in [-0.4, -0.2) is 31.3 Å². The maximum Gasteiger partial charge on any atom is 0.0434 e. The lowest BCUT2D eigenvalue weighted by atomic mass is 10.1. The third kappa shape index (κ3) is 7.78. The van der Waals surface area contributed by atoms with Crippen LogP contribution >= 0.6 is 0 Å². The number of nitrogens with two attached hydrogens (primary N) is 1. The quantitative estimate of drug-likeness (QED) is 0.457. The molecule has 0 spiro atoms. The van der Waals surface area contributed by atoms with Crippen molar-refractivity contribution in [2.45, 2.75) is 19.8 Å². The van der Waals surface area contributed by atoms with E-state index in [0.29, 0.717) is 12.5 Å². The van der Waals surface area contributed by atoms with Crippen molar-refractivity contribution < 1.29 is 5.11 Å². The number of aliphatic hydroxyl groups excluding tert-OH is 1. The van der Waals surface area contributed by atoms with Crippen molar-refractivity contribution in [3.63, 3.8) is 0 Å². The zero-order valence-corrected chi connectivity index (χ0v) is 7.34. The molecular formula is C8H20N2O. The van der Waals surface area contributed by atoms with E-state index in [1.807, 2.05) is 0 Å². The second-order valence-electron chi connectivity index (χ2n) is 2.96. The fourth-order valence-corrected chi connectivity index (χ4v) is 0.898. The number of rotatable bonds is 7. The maximum atomic E-state index is 8.59. The van der Waals surface area contributed by atoms with Gasteiger partial charge in [-0.2, -0.15) is 0 Å². The minimum absolute atomic E-state index is 0.291. The Labute approximate surface area is 69.0 Å². The summed E-state index contributed by atoms with van der Waals surface area (Å²) in [6.45, 7) is 5.15. The first-order chi connectivity index (χ1) is 5.31. The van der Waals surface area contributed by atoms with Gasteiger partial charge in [-0.15, -0.1) is 0 Å². The molecule has 1 atom stereocenters. The summed E-state index contributed by atoms with van der Waals surface area (Å²) in [5, 5.41) is 11.9. The molecule has 0 aromatic heterocycles. The van der Waals surface area contributed by atoms with Gasteiger partial charge in [0.1, 0.15) is 0 Å². The molecule has 0 bridgehead atoms. The average molecular weight is 160 g/mol. The van der Waals surface area contributed by atoms with Crippen molar-refractivity contribution >= 4 is 0 Å². The van der Waals surface area contributed by atoms with E-state index >= 15 is 0 Å². The highest BCUT2D eigenvalue weighted by atomic mass is 16.3. The van der Waals surface area contributed by atoms with E-state index in [4.69, 9.17) is 10.8 Å². The van der Waals surface area contributed by atoms with Crippen LogP contribution in [-0.2, 0) is 0 Å². The van der Waals surface area contributed by atoms with Crippen LogP contribution in [0, 0.1) is 5.92 Å². The molecule has 0 aromatic carbocycles. The van der Waals surface area contributed by atoms with Gasteiger partial charge in [0.25, 0.3) is 0 Å². The fourth-order valence-electron chi connectivity index (χ4n) is 0.898. The lowest BCUT2D eigenvalue weighted by molar-refractivity contribution is 0.260. The van der Waals surface area contributed by atoms with Crippen LogP contribution in [0.5, 0.6) is 0 Å². The molecule has 4 N–H and O–H groups in total. The first-order valence-electron chi connectivity index (χ1n) is 4.33. The summed E-state index contributed by atoms with van der Waals surface area (Å²) in [5.74, 6) is 0.567. The summed E-state index contributed by atoms with van der Waals surface area (Å²) in [4.78, 5) is 0. The number of nitrogens with one attached hydrogen (secondary N) is 1. The van der Waals surface area contributed by atoms with Crippen LogP contribution in [0.4, 0.5) is 0 Å². The second-order valence-corrected chi connectivity index (χ2v) is 2.96. The maximum absolute atomic E-state index is 8.59. The van der Waals surface area contributed by atoms with E-state index in [1.54, 1.807) is 0 Å². The molecule has 1 unspecified atom stereocenters. The predicted molar refractivity (Wildman–Crippen MR) is 47.4 cm³/mol. The van der Waals surface area contributed by atoms with Gasteiger partial charge in [-0.25, -0.2) is 0 Å². The molecule has 0 heterocycles. The van der Waals surface area contributed by atoms with Crippen LogP contribution in [0.1, 0.15) is 19.8 Å².